The minimum atomic E-state index is -1.18. The Morgan fingerprint density at radius 3 is 2.21 bits per heavy atom. The third-order valence-electron chi connectivity index (χ3n) is 11.8. The Bertz CT molecular complexity index is 2690. The van der Waals surface area contributed by atoms with E-state index in [0.29, 0.717) is 57.7 Å². The molecule has 8 rings (SSSR count). The van der Waals surface area contributed by atoms with E-state index in [1.165, 1.54) is 0 Å². The van der Waals surface area contributed by atoms with Crippen LogP contribution in [0.1, 0.15) is 64.4 Å². The molecule has 0 radical (unpaired) electrons. The van der Waals surface area contributed by atoms with Crippen LogP contribution in [0.5, 0.6) is 11.5 Å². The zero-order valence-corrected chi connectivity index (χ0v) is 36.1. The van der Waals surface area contributed by atoms with Gasteiger partial charge in [-0.15, -0.1) is 0 Å². The molecule has 6 aromatic rings. The number of nitrogens with one attached hydrogen (secondary N) is 1. The van der Waals surface area contributed by atoms with E-state index in [-0.39, 0.29) is 30.9 Å². The van der Waals surface area contributed by atoms with Gasteiger partial charge >= 0.3 is 5.97 Å². The number of nitrogens with zero attached hydrogens (tertiary/aromatic N) is 3. The van der Waals surface area contributed by atoms with Crippen molar-refractivity contribution >= 4 is 46.7 Å². The maximum atomic E-state index is 14.5. The number of carboxylic acids is 1. The van der Waals surface area contributed by atoms with E-state index in [9.17, 15) is 19.5 Å². The van der Waals surface area contributed by atoms with Crippen LogP contribution in [0.15, 0.2) is 133 Å². The van der Waals surface area contributed by atoms with Gasteiger partial charge in [-0.25, -0.2) is 4.79 Å². The van der Waals surface area contributed by atoms with Crippen LogP contribution < -0.4 is 19.7 Å². The third kappa shape index (κ3) is 9.42. The summed E-state index contributed by atoms with van der Waals surface area (Å²) in [5.74, 6) is -0.610. The molecular formula is C51H44Cl2N4O6. The van der Waals surface area contributed by atoms with Crippen molar-refractivity contribution in [1.29, 1.82) is 5.26 Å². The van der Waals surface area contributed by atoms with E-state index >= 15 is 0 Å². The first-order valence-electron chi connectivity index (χ1n) is 20.7. The molecule has 318 valence electrons. The van der Waals surface area contributed by atoms with E-state index in [1.807, 2.05) is 97.1 Å². The number of anilines is 1. The number of hydrogen-bond acceptors (Lipinski definition) is 7. The van der Waals surface area contributed by atoms with Crippen LogP contribution in [-0.4, -0.2) is 46.9 Å². The fourth-order valence-electron chi connectivity index (χ4n) is 8.38. The lowest BCUT2D eigenvalue weighted by molar-refractivity contribution is -0.143. The lowest BCUT2D eigenvalue weighted by Crippen LogP contribution is -2.55. The average Bonchev–Trinajstić information content (AvgIpc) is 3.30. The van der Waals surface area contributed by atoms with Crippen molar-refractivity contribution in [1.82, 2.24) is 10.2 Å². The first kappa shape index (κ1) is 43.0. The van der Waals surface area contributed by atoms with Gasteiger partial charge in [-0.2, -0.15) is 5.26 Å². The van der Waals surface area contributed by atoms with Crippen LogP contribution in [0.4, 0.5) is 5.69 Å². The highest BCUT2D eigenvalue weighted by molar-refractivity contribution is 6.42. The molecule has 2 heterocycles. The Labute approximate surface area is 376 Å². The lowest BCUT2D eigenvalue weighted by Gasteiger charge is -2.42. The maximum absolute atomic E-state index is 14.5. The standard InChI is InChI=1S/C51H44Cl2N4O6/c1-3-44(36-7-5-4-6-8-36)57-29-39-27-47-45(56(2)50(59)48(63-47)37-18-20-40(21-19-37)62-30-33-13-22-41(52)42(53)23-33)25-38(39)26-46(57)49(58)55-43(51(60)61)24-31-9-14-34(15-10-31)35-16-11-32(28-54)12-17-35/h4-23,25,27,43-44,46,48H,3,24,26,29-30H2,1-2H3,(H,55,58)(H,60,61). The molecule has 4 atom stereocenters. The van der Waals surface area contributed by atoms with Crippen LogP contribution >= 0.6 is 23.2 Å². The molecule has 2 amide bonds. The van der Waals surface area contributed by atoms with E-state index in [4.69, 9.17) is 37.9 Å². The maximum Gasteiger partial charge on any atom is 0.326 e. The first-order chi connectivity index (χ1) is 30.5. The second-order valence-corrected chi connectivity index (χ2v) is 16.6. The molecule has 12 heteroatoms. The Balaban J connectivity index is 1.02. The number of ether oxygens (including phenoxy) is 2. The lowest BCUT2D eigenvalue weighted by atomic mass is 9.88. The number of fused-ring (bicyclic) bond motifs is 2. The molecule has 63 heavy (non-hydrogen) atoms. The molecule has 6 aromatic carbocycles. The summed E-state index contributed by atoms with van der Waals surface area (Å²) in [5.41, 5.74) is 8.18. The first-order valence-corrected chi connectivity index (χ1v) is 21.4. The van der Waals surface area contributed by atoms with Crippen molar-refractivity contribution in [2.75, 3.05) is 11.9 Å². The topological polar surface area (TPSA) is 132 Å². The summed E-state index contributed by atoms with van der Waals surface area (Å²) in [6.45, 7) is 2.75. The number of halogens is 2. The molecule has 0 aliphatic carbocycles. The van der Waals surface area contributed by atoms with Gasteiger partial charge in [-0.1, -0.05) is 115 Å². The number of carbonyl (C=O) groups is 3. The fourth-order valence-corrected chi connectivity index (χ4v) is 8.70. The highest BCUT2D eigenvalue weighted by Gasteiger charge is 2.40. The molecule has 2 N–H and O–H groups in total. The van der Waals surface area contributed by atoms with E-state index in [1.54, 1.807) is 48.3 Å². The SMILES string of the molecule is CCC(c1ccccc1)N1Cc2cc3c(cc2CC1C(=O)NC(Cc1ccc(-c2ccc(C#N)cc2)cc1)C(=O)O)N(C)C(=O)C(c1ccc(OCc2ccc(Cl)c(Cl)c2)cc1)O3. The summed E-state index contributed by atoms with van der Waals surface area (Å²) in [4.78, 5) is 44.8. The summed E-state index contributed by atoms with van der Waals surface area (Å²) in [6.07, 6.45) is 0.181. The summed E-state index contributed by atoms with van der Waals surface area (Å²) < 4.78 is 12.5. The summed E-state index contributed by atoms with van der Waals surface area (Å²) in [5, 5.41) is 23.4. The van der Waals surface area contributed by atoms with Gasteiger partial charge in [0.15, 0.2) is 0 Å². The normalized spacial score (nSPS) is 16.7. The number of nitriles is 1. The molecule has 10 nitrogen and oxygen atoms in total. The number of aliphatic carboxylic acids is 1. The van der Waals surface area contributed by atoms with Crippen molar-refractivity contribution < 1.29 is 29.0 Å². The Morgan fingerprint density at radius 2 is 1.56 bits per heavy atom. The minimum absolute atomic E-state index is 0.0846. The van der Waals surface area contributed by atoms with Gasteiger partial charge in [0.05, 0.1) is 33.4 Å². The van der Waals surface area contributed by atoms with Crippen LogP contribution in [0.3, 0.4) is 0 Å². The summed E-state index contributed by atoms with van der Waals surface area (Å²) in [7, 11) is 1.72. The fraction of sp³-hybridized carbons (Fsp3) is 0.216. The number of carbonyl (C=O) groups excluding carboxylic acids is 2. The monoisotopic (exact) mass is 878 g/mol. The van der Waals surface area contributed by atoms with Gasteiger partial charge in [-0.3, -0.25) is 14.5 Å². The largest absolute Gasteiger partial charge is 0.489 e. The molecule has 0 bridgehead atoms. The molecule has 0 fully saturated rings. The molecule has 0 saturated heterocycles. The number of likely N-dealkylation sites (N-methyl/N-ethyl adjacent to an activating group) is 1. The van der Waals surface area contributed by atoms with Gasteiger partial charge in [0, 0.05) is 31.6 Å². The summed E-state index contributed by atoms with van der Waals surface area (Å²) in [6, 6.07) is 41.3. The van der Waals surface area contributed by atoms with Gasteiger partial charge in [-0.05, 0) is 100 Å². The third-order valence-corrected chi connectivity index (χ3v) is 12.5. The number of benzene rings is 6. The zero-order valence-electron chi connectivity index (χ0n) is 34.6. The second kappa shape index (κ2) is 18.8. The second-order valence-electron chi connectivity index (χ2n) is 15.8. The van der Waals surface area contributed by atoms with Gasteiger partial charge in [0.25, 0.3) is 5.91 Å². The van der Waals surface area contributed by atoms with Gasteiger partial charge in [0.1, 0.15) is 24.1 Å². The molecule has 4 unspecified atom stereocenters. The van der Waals surface area contributed by atoms with E-state index < -0.39 is 24.2 Å². The van der Waals surface area contributed by atoms with Crippen molar-refractivity contribution in [3.8, 4) is 28.7 Å². The summed E-state index contributed by atoms with van der Waals surface area (Å²) >= 11 is 12.2. The van der Waals surface area contributed by atoms with Crippen LogP contribution in [0, 0.1) is 11.3 Å². The minimum Gasteiger partial charge on any atom is -0.489 e. The van der Waals surface area contributed by atoms with Crippen molar-refractivity contribution in [2.24, 2.45) is 0 Å². The predicted molar refractivity (Wildman–Crippen MR) is 243 cm³/mol. The van der Waals surface area contributed by atoms with Crippen LogP contribution in [0.25, 0.3) is 11.1 Å². The predicted octanol–water partition coefficient (Wildman–Crippen LogP) is 9.90. The quantitative estimate of drug-likeness (QED) is 0.117. The Kier molecular flexibility index (Phi) is 12.8. The van der Waals surface area contributed by atoms with E-state index in [2.05, 4.69) is 23.2 Å². The highest BCUT2D eigenvalue weighted by Crippen LogP contribution is 2.43. The van der Waals surface area contributed by atoms with Gasteiger partial charge < -0.3 is 24.8 Å². The van der Waals surface area contributed by atoms with Crippen LogP contribution in [0.2, 0.25) is 10.0 Å². The Hall–Kier alpha value is -6.64. The number of carboxylic acid groups (broad SMARTS) is 1. The zero-order chi connectivity index (χ0) is 44.2. The highest BCUT2D eigenvalue weighted by atomic mass is 35.5. The molecule has 0 aromatic heterocycles. The van der Waals surface area contributed by atoms with Crippen molar-refractivity contribution in [3.63, 3.8) is 0 Å². The molecular weight excluding hydrogens is 835 g/mol. The van der Waals surface area contributed by atoms with Crippen molar-refractivity contribution in [2.45, 2.75) is 63.6 Å². The number of amides is 2. The Morgan fingerprint density at radius 1 is 0.873 bits per heavy atom. The number of rotatable bonds is 13. The van der Waals surface area contributed by atoms with Crippen molar-refractivity contribution in [3.05, 3.63) is 182 Å². The average molecular weight is 880 g/mol. The molecule has 0 spiro atoms. The smallest absolute Gasteiger partial charge is 0.326 e. The molecule has 2 aliphatic heterocycles. The molecule has 0 saturated carbocycles. The number of hydrogen-bond donors (Lipinski definition) is 2. The van der Waals surface area contributed by atoms with Crippen LogP contribution in [-0.2, 0) is 40.4 Å². The van der Waals surface area contributed by atoms with Gasteiger partial charge in [0.2, 0.25) is 12.0 Å². The van der Waals surface area contributed by atoms with E-state index in [0.717, 1.165) is 38.9 Å². The molecule has 2 aliphatic rings.